The van der Waals surface area contributed by atoms with Gasteiger partial charge in [-0.25, -0.2) is 8.42 Å². The van der Waals surface area contributed by atoms with E-state index in [2.05, 4.69) is 0 Å². The van der Waals surface area contributed by atoms with Crippen molar-refractivity contribution in [1.29, 1.82) is 0 Å². The minimum atomic E-state index is -4.02. The standard InChI is InChI=1S/C12H15NO6S/c1-8(15)9-2-4-10(5-3-9)20(18,19)13-11(6-7-14)12(16)17/h2-5,11,13-14H,6-7H2,1H3,(H,16,17)/t11-/m1/s1. The highest BCUT2D eigenvalue weighted by Crippen LogP contribution is 2.12. The third kappa shape index (κ3) is 4.12. The SMILES string of the molecule is CC(=O)c1ccc(S(=O)(=O)N[C@H](CCO)C(=O)O)cc1. The molecule has 0 radical (unpaired) electrons. The molecule has 8 heteroatoms. The Morgan fingerprint density at radius 3 is 2.20 bits per heavy atom. The van der Waals surface area contributed by atoms with Gasteiger partial charge in [0.1, 0.15) is 6.04 Å². The first-order valence-corrected chi connectivity index (χ1v) is 7.23. The molecule has 0 saturated carbocycles. The average molecular weight is 301 g/mol. The van der Waals surface area contributed by atoms with E-state index in [1.54, 1.807) is 0 Å². The first-order chi connectivity index (χ1) is 9.27. The lowest BCUT2D eigenvalue weighted by Crippen LogP contribution is -2.41. The van der Waals surface area contributed by atoms with Crippen molar-refractivity contribution in [2.75, 3.05) is 6.61 Å². The van der Waals surface area contributed by atoms with Crippen LogP contribution in [0.4, 0.5) is 0 Å². The number of nitrogens with one attached hydrogen (secondary N) is 1. The van der Waals surface area contributed by atoms with Gasteiger partial charge >= 0.3 is 5.97 Å². The molecule has 20 heavy (non-hydrogen) atoms. The molecule has 0 heterocycles. The van der Waals surface area contributed by atoms with Crippen molar-refractivity contribution in [1.82, 2.24) is 4.72 Å². The molecule has 0 saturated heterocycles. The summed E-state index contributed by atoms with van der Waals surface area (Å²) in [5, 5.41) is 17.6. The van der Waals surface area contributed by atoms with Crippen LogP contribution in [-0.2, 0) is 14.8 Å². The molecule has 1 aromatic carbocycles. The van der Waals surface area contributed by atoms with Gasteiger partial charge in [-0.2, -0.15) is 4.72 Å². The van der Waals surface area contributed by atoms with Gasteiger partial charge in [0.05, 0.1) is 4.90 Å². The summed E-state index contributed by atoms with van der Waals surface area (Å²) >= 11 is 0. The Hall–Kier alpha value is -1.77. The van der Waals surface area contributed by atoms with E-state index in [9.17, 15) is 18.0 Å². The third-order valence-electron chi connectivity index (χ3n) is 2.58. The molecule has 0 fully saturated rings. The van der Waals surface area contributed by atoms with E-state index in [1.165, 1.54) is 31.2 Å². The van der Waals surface area contributed by atoms with Gasteiger partial charge in [-0.15, -0.1) is 0 Å². The summed E-state index contributed by atoms with van der Waals surface area (Å²) in [6, 6.07) is 3.73. The fraction of sp³-hybridized carbons (Fsp3) is 0.333. The fourth-order valence-electron chi connectivity index (χ4n) is 1.49. The number of rotatable bonds is 7. The second kappa shape index (κ2) is 6.60. The first-order valence-electron chi connectivity index (χ1n) is 5.75. The predicted octanol–water partition coefficient (Wildman–Crippen LogP) is 0.00310. The van der Waals surface area contributed by atoms with Crippen molar-refractivity contribution < 1.29 is 28.2 Å². The van der Waals surface area contributed by atoms with Crippen LogP contribution in [0.15, 0.2) is 29.2 Å². The highest BCUT2D eigenvalue weighted by atomic mass is 32.2. The number of ketones is 1. The number of benzene rings is 1. The molecular weight excluding hydrogens is 286 g/mol. The van der Waals surface area contributed by atoms with Crippen LogP contribution in [0.2, 0.25) is 0 Å². The molecule has 110 valence electrons. The van der Waals surface area contributed by atoms with Crippen LogP contribution in [0.3, 0.4) is 0 Å². The molecule has 1 rings (SSSR count). The van der Waals surface area contributed by atoms with Gasteiger partial charge in [0.2, 0.25) is 10.0 Å². The average Bonchev–Trinajstić information content (AvgIpc) is 2.38. The van der Waals surface area contributed by atoms with E-state index in [0.29, 0.717) is 5.56 Å². The number of aliphatic hydroxyl groups is 1. The minimum absolute atomic E-state index is 0.147. The number of carboxylic acid groups (broad SMARTS) is 1. The number of carboxylic acids is 1. The van der Waals surface area contributed by atoms with E-state index < -0.39 is 28.6 Å². The van der Waals surface area contributed by atoms with Crippen LogP contribution in [0.1, 0.15) is 23.7 Å². The normalized spacial score (nSPS) is 12.9. The van der Waals surface area contributed by atoms with Crippen LogP contribution in [0.5, 0.6) is 0 Å². The monoisotopic (exact) mass is 301 g/mol. The van der Waals surface area contributed by atoms with Crippen molar-refractivity contribution in [3.05, 3.63) is 29.8 Å². The lowest BCUT2D eigenvalue weighted by atomic mass is 10.2. The van der Waals surface area contributed by atoms with Crippen LogP contribution in [0, 0.1) is 0 Å². The van der Waals surface area contributed by atoms with Gasteiger partial charge in [-0.1, -0.05) is 12.1 Å². The molecule has 3 N–H and O–H groups in total. The van der Waals surface area contributed by atoms with Crippen LogP contribution in [-0.4, -0.2) is 43.0 Å². The number of hydrogen-bond acceptors (Lipinski definition) is 5. The largest absolute Gasteiger partial charge is 0.480 e. The van der Waals surface area contributed by atoms with Gasteiger partial charge in [0.15, 0.2) is 5.78 Å². The predicted molar refractivity (Wildman–Crippen MR) is 69.9 cm³/mol. The number of aliphatic hydroxyl groups excluding tert-OH is 1. The first kappa shape index (κ1) is 16.3. The molecule has 0 aromatic heterocycles. The topological polar surface area (TPSA) is 121 Å². The van der Waals surface area contributed by atoms with Gasteiger partial charge in [0.25, 0.3) is 0 Å². The van der Waals surface area contributed by atoms with Crippen molar-refractivity contribution in [2.45, 2.75) is 24.3 Å². The van der Waals surface area contributed by atoms with Crippen molar-refractivity contribution >= 4 is 21.8 Å². The zero-order valence-corrected chi connectivity index (χ0v) is 11.6. The summed E-state index contributed by atoms with van der Waals surface area (Å²) in [5.41, 5.74) is 0.356. The Balaban J connectivity index is 2.98. The summed E-state index contributed by atoms with van der Waals surface area (Å²) < 4.78 is 25.9. The van der Waals surface area contributed by atoms with E-state index in [4.69, 9.17) is 10.2 Å². The summed E-state index contributed by atoms with van der Waals surface area (Å²) in [5.74, 6) is -1.58. The third-order valence-corrected chi connectivity index (χ3v) is 4.07. The molecule has 0 spiro atoms. The van der Waals surface area contributed by atoms with Gasteiger partial charge in [-0.05, 0) is 25.5 Å². The van der Waals surface area contributed by atoms with Crippen LogP contribution < -0.4 is 4.72 Å². The number of carbonyl (C=O) groups is 2. The van der Waals surface area contributed by atoms with Crippen LogP contribution >= 0.6 is 0 Å². The highest BCUT2D eigenvalue weighted by molar-refractivity contribution is 7.89. The Kier molecular flexibility index (Phi) is 5.37. The lowest BCUT2D eigenvalue weighted by Gasteiger charge is -2.13. The minimum Gasteiger partial charge on any atom is -0.480 e. The molecular formula is C12H15NO6S. The Bertz CT molecular complexity index is 593. The molecule has 7 nitrogen and oxygen atoms in total. The Morgan fingerprint density at radius 1 is 1.25 bits per heavy atom. The van der Waals surface area contributed by atoms with Gasteiger partial charge < -0.3 is 10.2 Å². The fourth-order valence-corrected chi connectivity index (χ4v) is 2.71. The number of aliphatic carboxylic acids is 1. The maximum absolute atomic E-state index is 12.0. The van der Waals surface area contributed by atoms with Gasteiger partial charge in [-0.3, -0.25) is 9.59 Å². The second-order valence-corrected chi connectivity index (χ2v) is 5.82. The second-order valence-electron chi connectivity index (χ2n) is 4.10. The zero-order chi connectivity index (χ0) is 15.3. The van der Waals surface area contributed by atoms with Crippen LogP contribution in [0.25, 0.3) is 0 Å². The lowest BCUT2D eigenvalue weighted by molar-refractivity contribution is -0.139. The zero-order valence-electron chi connectivity index (χ0n) is 10.7. The number of sulfonamides is 1. The summed E-state index contributed by atoms with van der Waals surface area (Å²) in [6.45, 7) is 0.895. The molecule has 0 bridgehead atoms. The number of Topliss-reactive ketones (excluding diaryl/α,β-unsaturated/α-hetero) is 1. The Labute approximate surface area is 116 Å². The highest BCUT2D eigenvalue weighted by Gasteiger charge is 2.24. The quantitative estimate of drug-likeness (QED) is 0.610. The van der Waals surface area contributed by atoms with E-state index in [-0.39, 0.29) is 17.1 Å². The maximum atomic E-state index is 12.0. The molecule has 0 aliphatic rings. The van der Waals surface area contributed by atoms with Crippen molar-refractivity contribution in [2.24, 2.45) is 0 Å². The van der Waals surface area contributed by atoms with Crippen molar-refractivity contribution in [3.63, 3.8) is 0 Å². The van der Waals surface area contributed by atoms with E-state index in [0.717, 1.165) is 0 Å². The number of hydrogen-bond donors (Lipinski definition) is 3. The molecule has 0 amide bonds. The van der Waals surface area contributed by atoms with Crippen molar-refractivity contribution in [3.8, 4) is 0 Å². The molecule has 0 unspecified atom stereocenters. The summed E-state index contributed by atoms with van der Waals surface area (Å²) in [6.07, 6.45) is -0.236. The molecule has 1 aromatic rings. The summed E-state index contributed by atoms with van der Waals surface area (Å²) in [7, 11) is -4.02. The smallest absolute Gasteiger partial charge is 0.321 e. The summed E-state index contributed by atoms with van der Waals surface area (Å²) in [4.78, 5) is 21.8. The molecule has 0 aliphatic carbocycles. The number of carbonyl (C=O) groups excluding carboxylic acids is 1. The van der Waals surface area contributed by atoms with Gasteiger partial charge in [0, 0.05) is 12.2 Å². The van der Waals surface area contributed by atoms with E-state index >= 15 is 0 Å². The van der Waals surface area contributed by atoms with E-state index in [1.807, 2.05) is 4.72 Å². The maximum Gasteiger partial charge on any atom is 0.321 e. The molecule has 1 atom stereocenters. The molecule has 0 aliphatic heterocycles. The Morgan fingerprint density at radius 2 is 1.80 bits per heavy atom.